The fraction of sp³-hybridized carbons (Fsp3) is 0.235. The number of benzene rings is 4. The van der Waals surface area contributed by atoms with Gasteiger partial charge in [0.1, 0.15) is 18.4 Å². The molecular weight excluding hydrogens is 565 g/mol. The summed E-state index contributed by atoms with van der Waals surface area (Å²) in [5, 5.41) is 2.91. The summed E-state index contributed by atoms with van der Waals surface area (Å²) in [5.74, 6) is -1.78. The first-order valence-electron chi connectivity index (χ1n) is 14.2. The van der Waals surface area contributed by atoms with Crippen LogP contribution in [0.15, 0.2) is 114 Å². The van der Waals surface area contributed by atoms with Crippen molar-refractivity contribution in [2.75, 3.05) is 17.4 Å². The Morgan fingerprint density at radius 3 is 2.12 bits per heavy atom. The molecule has 9 heteroatoms. The average Bonchev–Trinajstić information content (AvgIpc) is 3.01. The van der Waals surface area contributed by atoms with Gasteiger partial charge in [-0.15, -0.1) is 0 Å². The molecule has 1 N–H and O–H groups in total. The van der Waals surface area contributed by atoms with Crippen molar-refractivity contribution in [1.29, 1.82) is 0 Å². The van der Waals surface area contributed by atoms with E-state index in [1.54, 1.807) is 18.2 Å². The Morgan fingerprint density at radius 1 is 0.837 bits per heavy atom. The minimum atomic E-state index is -4.36. The van der Waals surface area contributed by atoms with E-state index < -0.39 is 34.3 Å². The minimum Gasteiger partial charge on any atom is -0.354 e. The molecule has 4 aromatic carbocycles. The number of sulfonamides is 1. The zero-order chi connectivity index (χ0) is 30.8. The Kier molecular flexibility index (Phi) is 10.7. The summed E-state index contributed by atoms with van der Waals surface area (Å²) in [6, 6.07) is 29.0. The zero-order valence-electron chi connectivity index (χ0n) is 24.3. The number of aryl methyl sites for hydroxylation is 1. The van der Waals surface area contributed by atoms with E-state index in [1.165, 1.54) is 35.2 Å². The third-order valence-electron chi connectivity index (χ3n) is 6.99. The second kappa shape index (κ2) is 14.6. The van der Waals surface area contributed by atoms with Crippen LogP contribution in [-0.2, 0) is 32.6 Å². The SMILES string of the molecule is CCCNC(=O)C(Cc1ccccc1)N(Cc1cccc(C)c1)C(=O)CN(c1ccccc1F)S(=O)(=O)c1ccccc1. The van der Waals surface area contributed by atoms with E-state index in [1.807, 2.05) is 68.4 Å². The number of anilines is 1. The summed E-state index contributed by atoms with van der Waals surface area (Å²) >= 11 is 0. The van der Waals surface area contributed by atoms with Crippen LogP contribution in [0.4, 0.5) is 10.1 Å². The van der Waals surface area contributed by atoms with Crippen LogP contribution in [0.3, 0.4) is 0 Å². The van der Waals surface area contributed by atoms with Crippen molar-refractivity contribution in [3.8, 4) is 0 Å². The molecule has 4 aromatic rings. The fourth-order valence-corrected chi connectivity index (χ4v) is 6.26. The molecule has 0 spiro atoms. The quantitative estimate of drug-likeness (QED) is 0.219. The van der Waals surface area contributed by atoms with Crippen LogP contribution in [0.25, 0.3) is 0 Å². The van der Waals surface area contributed by atoms with Crippen molar-refractivity contribution in [3.05, 3.63) is 132 Å². The topological polar surface area (TPSA) is 86.8 Å². The van der Waals surface area contributed by atoms with Gasteiger partial charge in [0.05, 0.1) is 10.6 Å². The van der Waals surface area contributed by atoms with Gasteiger partial charge in [0.2, 0.25) is 11.8 Å². The number of carbonyl (C=O) groups is 2. The standard InChI is InChI=1S/C34H36FN3O4S/c1-3-21-36-34(40)32(23-27-14-6-4-7-15-27)37(24-28-16-12-13-26(2)22-28)33(39)25-38(31-20-11-10-19-30(31)35)43(41,42)29-17-8-5-9-18-29/h4-20,22,32H,3,21,23-25H2,1-2H3,(H,36,40). The molecule has 0 radical (unpaired) electrons. The second-order valence-corrected chi connectivity index (χ2v) is 12.1. The van der Waals surface area contributed by atoms with E-state index >= 15 is 4.39 Å². The van der Waals surface area contributed by atoms with Crippen LogP contribution < -0.4 is 9.62 Å². The highest BCUT2D eigenvalue weighted by molar-refractivity contribution is 7.92. The maximum Gasteiger partial charge on any atom is 0.264 e. The summed E-state index contributed by atoms with van der Waals surface area (Å²) in [6.07, 6.45) is 0.908. The molecule has 2 amide bonds. The lowest BCUT2D eigenvalue weighted by Crippen LogP contribution is -2.53. The lowest BCUT2D eigenvalue weighted by Gasteiger charge is -2.34. The van der Waals surface area contributed by atoms with Crippen LogP contribution in [0.1, 0.15) is 30.0 Å². The van der Waals surface area contributed by atoms with Crippen LogP contribution in [0.5, 0.6) is 0 Å². The first kappa shape index (κ1) is 31.4. The van der Waals surface area contributed by atoms with Crippen LogP contribution in [0.2, 0.25) is 0 Å². The Labute approximate surface area is 253 Å². The van der Waals surface area contributed by atoms with Crippen LogP contribution in [0, 0.1) is 12.7 Å². The summed E-state index contributed by atoms with van der Waals surface area (Å²) in [5.41, 5.74) is 2.33. The molecule has 0 bridgehead atoms. The first-order chi connectivity index (χ1) is 20.7. The molecule has 4 rings (SSSR count). The maximum atomic E-state index is 15.1. The molecule has 1 unspecified atom stereocenters. The maximum absolute atomic E-state index is 15.1. The van der Waals surface area contributed by atoms with Gasteiger partial charge in [-0.1, -0.05) is 97.4 Å². The summed E-state index contributed by atoms with van der Waals surface area (Å²) in [4.78, 5) is 29.3. The smallest absolute Gasteiger partial charge is 0.264 e. The highest BCUT2D eigenvalue weighted by Crippen LogP contribution is 2.27. The molecule has 224 valence electrons. The van der Waals surface area contributed by atoms with Gasteiger partial charge in [0.25, 0.3) is 10.0 Å². The molecule has 0 heterocycles. The Morgan fingerprint density at radius 2 is 1.47 bits per heavy atom. The number of nitrogens with zero attached hydrogens (tertiary/aromatic N) is 2. The Hall–Kier alpha value is -4.50. The molecule has 0 aliphatic carbocycles. The van der Waals surface area contributed by atoms with Gasteiger partial charge < -0.3 is 10.2 Å². The Balaban J connectivity index is 1.80. The first-order valence-corrected chi connectivity index (χ1v) is 15.6. The molecule has 1 atom stereocenters. The molecule has 0 aliphatic heterocycles. The van der Waals surface area contributed by atoms with E-state index in [9.17, 15) is 18.0 Å². The lowest BCUT2D eigenvalue weighted by atomic mass is 10.0. The Bertz CT molecular complexity index is 1630. The van der Waals surface area contributed by atoms with Gasteiger partial charge >= 0.3 is 0 Å². The molecule has 0 fully saturated rings. The van der Waals surface area contributed by atoms with Crippen molar-refractivity contribution < 1.29 is 22.4 Å². The number of rotatable bonds is 13. The van der Waals surface area contributed by atoms with Gasteiger partial charge in [-0.05, 0) is 48.7 Å². The molecule has 43 heavy (non-hydrogen) atoms. The fourth-order valence-electron chi connectivity index (χ4n) is 4.81. The monoisotopic (exact) mass is 601 g/mol. The van der Waals surface area contributed by atoms with Gasteiger partial charge in [-0.2, -0.15) is 0 Å². The summed E-state index contributed by atoms with van der Waals surface area (Å²) in [7, 11) is -4.36. The number of amides is 2. The third kappa shape index (κ3) is 8.08. The van der Waals surface area contributed by atoms with E-state index in [2.05, 4.69) is 5.32 Å². The van der Waals surface area contributed by atoms with Crippen LogP contribution >= 0.6 is 0 Å². The molecular formula is C34H36FN3O4S. The molecule has 0 saturated heterocycles. The predicted molar refractivity (Wildman–Crippen MR) is 166 cm³/mol. The lowest BCUT2D eigenvalue weighted by molar-refractivity contribution is -0.140. The van der Waals surface area contributed by atoms with Gasteiger partial charge in [0, 0.05) is 19.5 Å². The van der Waals surface area contributed by atoms with Crippen molar-refractivity contribution in [2.24, 2.45) is 0 Å². The molecule has 0 saturated carbocycles. The van der Waals surface area contributed by atoms with E-state index in [0.29, 0.717) is 13.0 Å². The number of hydrogen-bond acceptors (Lipinski definition) is 4. The normalized spacial score (nSPS) is 11.9. The number of para-hydroxylation sites is 1. The number of hydrogen-bond donors (Lipinski definition) is 1. The third-order valence-corrected chi connectivity index (χ3v) is 8.76. The second-order valence-electron chi connectivity index (χ2n) is 10.3. The van der Waals surface area contributed by atoms with Crippen molar-refractivity contribution in [3.63, 3.8) is 0 Å². The molecule has 0 aromatic heterocycles. The van der Waals surface area contributed by atoms with Gasteiger partial charge in [0.15, 0.2) is 0 Å². The van der Waals surface area contributed by atoms with Gasteiger partial charge in [-0.25, -0.2) is 12.8 Å². The largest absolute Gasteiger partial charge is 0.354 e. The zero-order valence-corrected chi connectivity index (χ0v) is 25.1. The van der Waals surface area contributed by atoms with E-state index in [0.717, 1.165) is 27.1 Å². The van der Waals surface area contributed by atoms with Crippen LogP contribution in [-0.4, -0.2) is 44.3 Å². The number of carbonyl (C=O) groups excluding carboxylic acids is 2. The number of nitrogens with one attached hydrogen (secondary N) is 1. The van der Waals surface area contributed by atoms with Gasteiger partial charge in [-0.3, -0.25) is 13.9 Å². The highest BCUT2D eigenvalue weighted by atomic mass is 32.2. The average molecular weight is 602 g/mol. The molecule has 7 nitrogen and oxygen atoms in total. The van der Waals surface area contributed by atoms with Crippen molar-refractivity contribution in [2.45, 2.75) is 44.2 Å². The molecule has 0 aliphatic rings. The minimum absolute atomic E-state index is 0.0497. The van der Waals surface area contributed by atoms with E-state index in [4.69, 9.17) is 0 Å². The highest BCUT2D eigenvalue weighted by Gasteiger charge is 2.35. The summed E-state index contributed by atoms with van der Waals surface area (Å²) < 4.78 is 43.7. The van der Waals surface area contributed by atoms with Crippen molar-refractivity contribution >= 4 is 27.5 Å². The van der Waals surface area contributed by atoms with E-state index in [-0.39, 0.29) is 29.5 Å². The van der Waals surface area contributed by atoms with Crippen molar-refractivity contribution in [1.82, 2.24) is 10.2 Å². The summed E-state index contributed by atoms with van der Waals surface area (Å²) in [6.45, 7) is 3.62. The number of halogens is 1. The predicted octanol–water partition coefficient (Wildman–Crippen LogP) is 5.50.